The molecule has 5 rings (SSSR count). The molecule has 1 aliphatic heterocycles. The second kappa shape index (κ2) is 12.0. The zero-order valence-electron chi connectivity index (χ0n) is 21.5. The van der Waals surface area contributed by atoms with Crippen LogP contribution in [0.25, 0.3) is 28.0 Å². The van der Waals surface area contributed by atoms with Crippen molar-refractivity contribution in [2.45, 2.75) is 19.5 Å². The van der Waals surface area contributed by atoms with E-state index >= 15 is 0 Å². The maximum atomic E-state index is 12.8. The molecule has 0 spiro atoms. The number of aromatic nitrogens is 3. The van der Waals surface area contributed by atoms with Gasteiger partial charge < -0.3 is 27.1 Å². The highest BCUT2D eigenvalue weighted by atomic mass is 16.1. The number of hydrogen-bond acceptors (Lipinski definition) is 6. The Kier molecular flexibility index (Phi) is 8.12. The third-order valence-electron chi connectivity index (χ3n) is 6.71. The molecule has 4 aromatic rings. The van der Waals surface area contributed by atoms with E-state index in [0.717, 1.165) is 80.1 Å². The quantitative estimate of drug-likeness (QED) is 0.123. The molecule has 7 N–H and O–H groups in total. The van der Waals surface area contributed by atoms with Gasteiger partial charge in [-0.1, -0.05) is 30.3 Å². The summed E-state index contributed by atoms with van der Waals surface area (Å²) in [5.41, 5.74) is 16.2. The normalized spacial score (nSPS) is 14.1. The number of guanidine groups is 1. The van der Waals surface area contributed by atoms with E-state index in [0.29, 0.717) is 12.2 Å². The summed E-state index contributed by atoms with van der Waals surface area (Å²) in [4.78, 5) is 26.9. The summed E-state index contributed by atoms with van der Waals surface area (Å²) in [5, 5.41) is 7.66. The first-order chi connectivity index (χ1) is 18.5. The number of aliphatic imine (C=N–C) groups is 1. The number of nitrogens with two attached hydrogens (primary N) is 2. The highest BCUT2D eigenvalue weighted by Crippen LogP contribution is 2.24. The van der Waals surface area contributed by atoms with E-state index in [1.165, 1.54) is 5.56 Å². The monoisotopic (exact) mass is 513 g/mol. The van der Waals surface area contributed by atoms with E-state index in [-0.39, 0.29) is 11.6 Å². The predicted molar refractivity (Wildman–Crippen MR) is 152 cm³/mol. The van der Waals surface area contributed by atoms with Crippen molar-refractivity contribution in [2.75, 3.05) is 39.3 Å². The summed E-state index contributed by atoms with van der Waals surface area (Å²) in [6.45, 7) is 7.27. The molecule has 38 heavy (non-hydrogen) atoms. The van der Waals surface area contributed by atoms with Gasteiger partial charge in [-0.05, 0) is 53.9 Å². The largest absolute Gasteiger partial charge is 0.370 e. The van der Waals surface area contributed by atoms with Crippen molar-refractivity contribution in [1.82, 2.24) is 30.1 Å². The minimum absolute atomic E-state index is 0.120. The number of nitrogens with one attached hydrogen (secondary N) is 3. The van der Waals surface area contributed by atoms with Crippen LogP contribution in [-0.2, 0) is 13.1 Å². The van der Waals surface area contributed by atoms with Crippen LogP contribution in [0, 0.1) is 0 Å². The third kappa shape index (κ3) is 6.46. The first kappa shape index (κ1) is 25.7. The fraction of sp³-hybridized carbons (Fsp3) is 0.321. The summed E-state index contributed by atoms with van der Waals surface area (Å²) in [7, 11) is 0. The van der Waals surface area contributed by atoms with Gasteiger partial charge in [-0.25, -0.2) is 4.79 Å². The maximum Gasteiger partial charge on any atom is 0.354 e. The number of H-pyrrole nitrogens is 1. The Morgan fingerprint density at radius 1 is 1.05 bits per heavy atom. The lowest BCUT2D eigenvalue weighted by Gasteiger charge is -2.27. The van der Waals surface area contributed by atoms with Crippen molar-refractivity contribution < 1.29 is 0 Å². The molecular weight excluding hydrogens is 478 g/mol. The summed E-state index contributed by atoms with van der Waals surface area (Å²) >= 11 is 0. The fourth-order valence-electron chi connectivity index (χ4n) is 4.72. The molecule has 2 aromatic carbocycles. The number of nitrogens with zero attached hydrogens (tertiary/aromatic N) is 4. The lowest BCUT2D eigenvalue weighted by molar-refractivity contribution is 0.233. The van der Waals surface area contributed by atoms with Crippen LogP contribution in [0.4, 0.5) is 0 Å². The Labute approximate surface area is 221 Å². The van der Waals surface area contributed by atoms with Gasteiger partial charge in [0.1, 0.15) is 5.65 Å². The smallest absolute Gasteiger partial charge is 0.354 e. The number of piperazine rings is 1. The average molecular weight is 514 g/mol. The molecule has 198 valence electrons. The van der Waals surface area contributed by atoms with Crippen LogP contribution in [0.1, 0.15) is 17.5 Å². The van der Waals surface area contributed by atoms with Gasteiger partial charge in [0.2, 0.25) is 0 Å². The van der Waals surface area contributed by atoms with Crippen LogP contribution in [0.15, 0.2) is 70.6 Å². The molecule has 0 aliphatic carbocycles. The van der Waals surface area contributed by atoms with Crippen LogP contribution in [0.3, 0.4) is 0 Å². The highest BCUT2D eigenvalue weighted by molar-refractivity contribution is 5.82. The van der Waals surface area contributed by atoms with Gasteiger partial charge >= 0.3 is 5.69 Å². The van der Waals surface area contributed by atoms with E-state index in [9.17, 15) is 4.79 Å². The highest BCUT2D eigenvalue weighted by Gasteiger charge is 2.12. The third-order valence-corrected chi connectivity index (χ3v) is 6.71. The number of fused-ring (bicyclic) bond motifs is 1. The van der Waals surface area contributed by atoms with Gasteiger partial charge in [-0.3, -0.25) is 14.5 Å². The van der Waals surface area contributed by atoms with Gasteiger partial charge in [0.05, 0.1) is 5.69 Å². The fourth-order valence-corrected chi connectivity index (χ4v) is 4.72. The molecule has 0 bridgehead atoms. The van der Waals surface area contributed by atoms with Gasteiger partial charge in [0, 0.05) is 63.1 Å². The Balaban J connectivity index is 1.27. The Morgan fingerprint density at radius 2 is 1.87 bits per heavy atom. The van der Waals surface area contributed by atoms with Crippen molar-refractivity contribution in [2.24, 2.45) is 16.5 Å². The van der Waals surface area contributed by atoms with Crippen LogP contribution in [0.2, 0.25) is 0 Å². The summed E-state index contributed by atoms with van der Waals surface area (Å²) < 4.78 is 1.59. The number of hydrogen-bond donors (Lipinski definition) is 5. The molecular formula is C28H35N9O. The van der Waals surface area contributed by atoms with Crippen molar-refractivity contribution in [3.63, 3.8) is 0 Å². The Hall–Kier alpha value is -3.99. The Bertz CT molecular complexity index is 1450. The molecule has 1 aliphatic rings. The van der Waals surface area contributed by atoms with Crippen molar-refractivity contribution in [3.05, 3.63) is 82.4 Å². The van der Waals surface area contributed by atoms with E-state index in [4.69, 9.17) is 11.5 Å². The molecule has 10 nitrogen and oxygen atoms in total. The molecule has 0 radical (unpaired) electrons. The minimum atomic E-state index is -0.316. The molecule has 0 saturated carbocycles. The van der Waals surface area contributed by atoms with Crippen molar-refractivity contribution in [3.8, 4) is 16.9 Å². The van der Waals surface area contributed by atoms with E-state index in [2.05, 4.69) is 60.8 Å². The Morgan fingerprint density at radius 3 is 2.66 bits per heavy atom. The second-order valence-corrected chi connectivity index (χ2v) is 9.61. The van der Waals surface area contributed by atoms with E-state index in [1.54, 1.807) is 4.57 Å². The zero-order chi connectivity index (χ0) is 26.3. The molecule has 10 heteroatoms. The standard InChI is InChI=1S/C28H35N9O/c29-27(30)33-10-2-9-32-17-20-5-7-24(8-6-20)37-19-23-16-25(34-26(23)35-28(37)38)22-4-1-3-21(15-22)18-36-13-11-31-12-14-36/h1,3-8,15-16,19,31-32H,2,9-14,17-18H2,(H4,29,30,33)(H,34,35,38). The van der Waals surface area contributed by atoms with E-state index in [1.807, 2.05) is 30.5 Å². The van der Waals surface area contributed by atoms with Gasteiger partial charge in [0.25, 0.3) is 0 Å². The average Bonchev–Trinajstić information content (AvgIpc) is 3.34. The topological polar surface area (TPSA) is 142 Å². The molecule has 0 unspecified atom stereocenters. The molecule has 0 amide bonds. The summed E-state index contributed by atoms with van der Waals surface area (Å²) in [5.74, 6) is 0.120. The molecule has 3 heterocycles. The lowest BCUT2D eigenvalue weighted by atomic mass is 10.1. The first-order valence-corrected chi connectivity index (χ1v) is 13.1. The SMILES string of the molecule is NC(N)=NCCCNCc1ccc(-n2cc3cc(-c4cccc(CN5CCNCC5)c4)[nH]c3nc2=O)cc1. The van der Waals surface area contributed by atoms with Gasteiger partial charge in [0.15, 0.2) is 5.96 Å². The zero-order valence-corrected chi connectivity index (χ0v) is 21.5. The van der Waals surface area contributed by atoms with Crippen LogP contribution in [-0.4, -0.2) is 64.7 Å². The van der Waals surface area contributed by atoms with Crippen LogP contribution >= 0.6 is 0 Å². The molecule has 2 aromatic heterocycles. The number of rotatable bonds is 10. The first-order valence-electron chi connectivity index (χ1n) is 13.1. The molecule has 1 fully saturated rings. The summed E-state index contributed by atoms with van der Waals surface area (Å²) in [6.07, 6.45) is 2.71. The second-order valence-electron chi connectivity index (χ2n) is 9.61. The molecule has 1 saturated heterocycles. The lowest BCUT2D eigenvalue weighted by Crippen LogP contribution is -2.42. The van der Waals surface area contributed by atoms with Crippen molar-refractivity contribution >= 4 is 17.0 Å². The van der Waals surface area contributed by atoms with Gasteiger partial charge in [-0.2, -0.15) is 4.98 Å². The maximum absolute atomic E-state index is 12.8. The minimum Gasteiger partial charge on any atom is -0.370 e. The summed E-state index contributed by atoms with van der Waals surface area (Å²) in [6, 6.07) is 18.5. The van der Waals surface area contributed by atoms with Gasteiger partial charge in [-0.15, -0.1) is 0 Å². The molecule has 0 atom stereocenters. The van der Waals surface area contributed by atoms with Crippen molar-refractivity contribution in [1.29, 1.82) is 0 Å². The van der Waals surface area contributed by atoms with Crippen LogP contribution < -0.4 is 27.8 Å². The van der Waals surface area contributed by atoms with Crippen LogP contribution in [0.5, 0.6) is 0 Å². The van der Waals surface area contributed by atoms with E-state index < -0.39 is 0 Å². The number of benzene rings is 2. The predicted octanol–water partition coefficient (Wildman–Crippen LogP) is 1.54. The number of aromatic amines is 1.